The van der Waals surface area contributed by atoms with Crippen molar-refractivity contribution in [2.45, 2.75) is 12.5 Å². The van der Waals surface area contributed by atoms with Crippen molar-refractivity contribution in [3.63, 3.8) is 0 Å². The van der Waals surface area contributed by atoms with Gasteiger partial charge in [-0.25, -0.2) is 9.78 Å². The Morgan fingerprint density at radius 2 is 1.89 bits per heavy atom. The summed E-state index contributed by atoms with van der Waals surface area (Å²) in [4.78, 5) is 20.6. The number of nitrogens with zero attached hydrogens (tertiary/aromatic N) is 3. The molecule has 0 unspecified atom stereocenters. The fraction of sp³-hybridized carbons (Fsp3) is 0.136. The third-order valence-electron chi connectivity index (χ3n) is 4.63. The molecular formula is C22H16ClF4N5O3. The standard InChI is InChI=1S/C22H16ClF4N5O3/c1-32-8-7-17-18(32)19(29-11-28-17)34-13-5-6-16(15(23)10-13)31-21(33)30-12-3-2-4-14(9-12)35-22(26,27)20(24)25/h2-11,20H,1H3,(H2,30,31,33). The summed E-state index contributed by atoms with van der Waals surface area (Å²) in [5, 5.41) is 5.02. The van der Waals surface area contributed by atoms with E-state index in [9.17, 15) is 22.4 Å². The molecule has 182 valence electrons. The number of aromatic nitrogens is 3. The fourth-order valence-electron chi connectivity index (χ4n) is 3.06. The number of carbonyl (C=O) groups excluding carboxylic acids is 1. The topological polar surface area (TPSA) is 90.3 Å². The zero-order valence-electron chi connectivity index (χ0n) is 17.8. The second kappa shape index (κ2) is 9.66. The lowest BCUT2D eigenvalue weighted by Crippen LogP contribution is -2.33. The largest absolute Gasteiger partial charge is 0.461 e. The van der Waals surface area contributed by atoms with Gasteiger partial charge in [-0.1, -0.05) is 17.7 Å². The molecule has 2 aromatic heterocycles. The third-order valence-corrected chi connectivity index (χ3v) is 4.94. The SMILES string of the molecule is Cn1ccc2ncnc(Oc3ccc(NC(=O)Nc4cccc(OC(F)(F)C(F)F)c4)c(Cl)c3)c21. The third kappa shape index (κ3) is 5.54. The van der Waals surface area contributed by atoms with Gasteiger partial charge >= 0.3 is 18.6 Å². The first-order chi connectivity index (χ1) is 16.6. The molecule has 0 fully saturated rings. The summed E-state index contributed by atoms with van der Waals surface area (Å²) in [7, 11) is 1.82. The van der Waals surface area contributed by atoms with Crippen molar-refractivity contribution in [3.05, 3.63) is 66.1 Å². The van der Waals surface area contributed by atoms with Crippen LogP contribution in [0.5, 0.6) is 17.4 Å². The van der Waals surface area contributed by atoms with E-state index in [1.165, 1.54) is 30.6 Å². The first-order valence-corrected chi connectivity index (χ1v) is 10.3. The molecule has 2 amide bonds. The van der Waals surface area contributed by atoms with Crippen LogP contribution in [0, 0.1) is 0 Å². The normalized spacial score (nSPS) is 11.5. The van der Waals surface area contributed by atoms with Crippen molar-refractivity contribution in [1.82, 2.24) is 14.5 Å². The second-order valence-corrected chi connectivity index (χ2v) is 7.56. The molecule has 0 saturated heterocycles. The van der Waals surface area contributed by atoms with Crippen molar-refractivity contribution in [1.29, 1.82) is 0 Å². The summed E-state index contributed by atoms with van der Waals surface area (Å²) >= 11 is 6.26. The van der Waals surface area contributed by atoms with Crippen LogP contribution in [0.2, 0.25) is 5.02 Å². The van der Waals surface area contributed by atoms with Gasteiger partial charge in [-0.15, -0.1) is 0 Å². The van der Waals surface area contributed by atoms with E-state index >= 15 is 0 Å². The molecule has 2 N–H and O–H groups in total. The van der Waals surface area contributed by atoms with Crippen LogP contribution in [0.4, 0.5) is 33.7 Å². The summed E-state index contributed by atoms with van der Waals surface area (Å²) in [6.07, 6.45) is -5.49. The number of anilines is 2. The number of rotatable bonds is 7. The summed E-state index contributed by atoms with van der Waals surface area (Å²) in [5.41, 5.74) is 1.63. The zero-order valence-corrected chi connectivity index (χ0v) is 18.6. The quantitative estimate of drug-likeness (QED) is 0.286. The molecule has 4 rings (SSSR count). The number of hydrogen-bond donors (Lipinski definition) is 2. The van der Waals surface area contributed by atoms with Gasteiger partial charge in [0.25, 0.3) is 0 Å². The molecule has 13 heteroatoms. The van der Waals surface area contributed by atoms with E-state index < -0.39 is 24.3 Å². The van der Waals surface area contributed by atoms with Gasteiger partial charge in [-0.3, -0.25) is 0 Å². The van der Waals surface area contributed by atoms with Crippen molar-refractivity contribution in [2.24, 2.45) is 7.05 Å². The number of nitrogens with one attached hydrogen (secondary N) is 2. The van der Waals surface area contributed by atoms with E-state index in [-0.39, 0.29) is 16.4 Å². The highest BCUT2D eigenvalue weighted by molar-refractivity contribution is 6.34. The Kier molecular flexibility index (Phi) is 6.65. The summed E-state index contributed by atoms with van der Waals surface area (Å²) < 4.78 is 62.5. The Bertz CT molecular complexity index is 1380. The Labute approximate surface area is 200 Å². The first kappa shape index (κ1) is 24.1. The lowest BCUT2D eigenvalue weighted by atomic mass is 10.3. The predicted molar refractivity (Wildman–Crippen MR) is 121 cm³/mol. The van der Waals surface area contributed by atoms with Crippen molar-refractivity contribution < 1.29 is 31.8 Å². The number of aryl methyl sites for hydroxylation is 1. The highest BCUT2D eigenvalue weighted by Gasteiger charge is 2.44. The number of amides is 2. The maximum atomic E-state index is 13.1. The van der Waals surface area contributed by atoms with E-state index in [2.05, 4.69) is 25.3 Å². The number of fused-ring (bicyclic) bond motifs is 1. The maximum Gasteiger partial charge on any atom is 0.461 e. The van der Waals surface area contributed by atoms with E-state index in [1.54, 1.807) is 10.6 Å². The lowest BCUT2D eigenvalue weighted by Gasteiger charge is -2.17. The monoisotopic (exact) mass is 509 g/mol. The molecule has 4 aromatic rings. The van der Waals surface area contributed by atoms with E-state index in [0.717, 1.165) is 12.1 Å². The van der Waals surface area contributed by atoms with Gasteiger partial charge in [0.15, 0.2) is 0 Å². The molecule has 2 heterocycles. The van der Waals surface area contributed by atoms with Crippen LogP contribution in [0.15, 0.2) is 61.1 Å². The average molecular weight is 510 g/mol. The highest BCUT2D eigenvalue weighted by atomic mass is 35.5. The van der Waals surface area contributed by atoms with E-state index in [1.807, 2.05) is 19.3 Å². The van der Waals surface area contributed by atoms with Gasteiger partial charge in [0.2, 0.25) is 5.88 Å². The molecule has 2 aromatic carbocycles. The molecule has 0 saturated carbocycles. The van der Waals surface area contributed by atoms with Crippen LogP contribution in [-0.2, 0) is 7.05 Å². The Hall–Kier alpha value is -4.06. The molecule has 0 bridgehead atoms. The number of benzene rings is 2. The molecule has 8 nitrogen and oxygen atoms in total. The van der Waals surface area contributed by atoms with Crippen LogP contribution in [-0.4, -0.2) is 33.1 Å². The Balaban J connectivity index is 1.42. The molecular weight excluding hydrogens is 494 g/mol. The van der Waals surface area contributed by atoms with Gasteiger partial charge in [0, 0.05) is 31.1 Å². The summed E-state index contributed by atoms with van der Waals surface area (Å²) in [6.45, 7) is 0. The number of carbonyl (C=O) groups is 1. The number of urea groups is 1. The van der Waals surface area contributed by atoms with Crippen molar-refractivity contribution >= 4 is 40.0 Å². The van der Waals surface area contributed by atoms with Crippen molar-refractivity contribution in [3.8, 4) is 17.4 Å². The molecule has 0 spiro atoms. The number of alkyl halides is 4. The zero-order chi connectivity index (χ0) is 25.2. The molecule has 0 radical (unpaired) electrons. The van der Waals surface area contributed by atoms with Crippen LogP contribution in [0.3, 0.4) is 0 Å². The van der Waals surface area contributed by atoms with Gasteiger partial charge in [0.05, 0.1) is 16.2 Å². The second-order valence-electron chi connectivity index (χ2n) is 7.15. The maximum absolute atomic E-state index is 13.1. The minimum atomic E-state index is -4.67. The molecule has 0 aliphatic heterocycles. The van der Waals surface area contributed by atoms with Gasteiger partial charge < -0.3 is 24.7 Å². The minimum Gasteiger partial charge on any atom is -0.437 e. The van der Waals surface area contributed by atoms with E-state index in [4.69, 9.17) is 16.3 Å². The Morgan fingerprint density at radius 1 is 1.09 bits per heavy atom. The number of halogens is 5. The molecule has 0 aliphatic rings. The van der Waals surface area contributed by atoms with Crippen LogP contribution >= 0.6 is 11.6 Å². The molecule has 35 heavy (non-hydrogen) atoms. The van der Waals surface area contributed by atoms with Gasteiger partial charge in [-0.05, 0) is 30.3 Å². The number of ether oxygens (including phenoxy) is 2. The molecule has 0 atom stereocenters. The van der Waals surface area contributed by atoms with Crippen molar-refractivity contribution in [2.75, 3.05) is 10.6 Å². The first-order valence-electron chi connectivity index (χ1n) is 9.89. The van der Waals surface area contributed by atoms with Gasteiger partial charge in [-0.2, -0.15) is 22.5 Å². The van der Waals surface area contributed by atoms with E-state index in [0.29, 0.717) is 22.7 Å². The summed E-state index contributed by atoms with van der Waals surface area (Å²) in [5.74, 6) is 0.119. The van der Waals surface area contributed by atoms with Gasteiger partial charge in [0.1, 0.15) is 23.3 Å². The number of hydrogen-bond acceptors (Lipinski definition) is 5. The van der Waals surface area contributed by atoms with Crippen LogP contribution in [0.25, 0.3) is 11.0 Å². The summed E-state index contributed by atoms with van der Waals surface area (Å²) in [6, 6.07) is 10.2. The highest BCUT2D eigenvalue weighted by Crippen LogP contribution is 2.32. The lowest BCUT2D eigenvalue weighted by molar-refractivity contribution is -0.253. The predicted octanol–water partition coefficient (Wildman–Crippen LogP) is 6.29. The Morgan fingerprint density at radius 3 is 2.63 bits per heavy atom. The minimum absolute atomic E-state index is 0.0245. The molecule has 0 aliphatic carbocycles. The average Bonchev–Trinajstić information content (AvgIpc) is 3.17. The van der Waals surface area contributed by atoms with Crippen LogP contribution in [0.1, 0.15) is 0 Å². The smallest absolute Gasteiger partial charge is 0.437 e. The van der Waals surface area contributed by atoms with Crippen LogP contribution < -0.4 is 20.1 Å². The fourth-order valence-corrected chi connectivity index (χ4v) is 3.27.